The van der Waals surface area contributed by atoms with Gasteiger partial charge in [0.1, 0.15) is 46.7 Å². The molecule has 1 aliphatic carbocycles. The Morgan fingerprint density at radius 2 is 1.00 bits per heavy atom. The van der Waals surface area contributed by atoms with Gasteiger partial charge in [-0.15, -0.1) is 0 Å². The van der Waals surface area contributed by atoms with Crippen molar-refractivity contribution in [1.82, 2.24) is 73.4 Å². The van der Waals surface area contributed by atoms with Gasteiger partial charge in [-0.3, -0.25) is 19.5 Å². The summed E-state index contributed by atoms with van der Waals surface area (Å²) in [4.78, 5) is 60.3. The molecule has 23 rings (SSSR count). The monoisotopic (exact) mass is 1640 g/mol. The minimum absolute atomic E-state index is 0.0198. The van der Waals surface area contributed by atoms with E-state index in [0.717, 1.165) is 126 Å². The number of nitrogens with zero attached hydrogens (tertiary/aromatic N) is 24. The van der Waals surface area contributed by atoms with Gasteiger partial charge in [-0.05, 0) is 116 Å². The van der Waals surface area contributed by atoms with Crippen LogP contribution in [0.3, 0.4) is 0 Å². The molecule has 1 saturated carbocycles. The maximum absolute atomic E-state index is 14.1. The Bertz CT molecular complexity index is 6310. The Labute approximate surface area is 708 Å². The van der Waals surface area contributed by atoms with Crippen LogP contribution in [0.4, 0.5) is 33.2 Å². The van der Waals surface area contributed by atoms with Crippen molar-refractivity contribution in [3.8, 4) is 87.1 Å². The number of rotatable bonds is 20. The van der Waals surface area contributed by atoms with Crippen LogP contribution in [-0.2, 0) is 29.2 Å². The molecule has 11 aliphatic rings. The van der Waals surface area contributed by atoms with Crippen LogP contribution in [0.2, 0.25) is 0 Å². The summed E-state index contributed by atoms with van der Waals surface area (Å²) in [5, 5.41) is 64.9. The standard InChI is InChI=1S/C31H31N7O3.C30H28FN9O.C30H27N9O2/c1-31(39,20-40-2)9-8-21-10-27(30-24(12-32)15-35-38(30)17-21)23-5-6-28(33-14-23)36-18-25-11-26(19-36)37(25)16-22-4-7-29(41-3)34-13-22;1-30(33-2)17-38(18-30)22-8-25(28-21(9-32)12-36-40(28)16-22)20-4-5-27(34-11-20)37-14-23-7-24(15-37)39(23)13-19-6-26(31)29(41-3)35-10-19;1-41-27-5-2-19(11-34-27)14-38-23-9-24(38)17-37(16-23)26-4-3-20(12-33-26)25-8-22(36-29(40)30(18-32)6-7-30)15-39-28(25)21(10-31)13-35-39/h4-7,10,13-15,17,25-26,39H,11,16,18-20H2,1-3H3;4-6,8,10-12,16,23-24H,7,13-15,17-18H2,1,3H3;2-5,8,11-13,15,23-24H,6-7,9,14,16-17H2,1H3,(H,36,40). The highest BCUT2D eigenvalue weighted by Gasteiger charge is 2.52. The number of aliphatic hydroxyl groups is 1. The summed E-state index contributed by atoms with van der Waals surface area (Å²) in [7, 11) is 6.19. The van der Waals surface area contributed by atoms with Crippen molar-refractivity contribution in [2.24, 2.45) is 5.41 Å². The second-order valence-electron chi connectivity index (χ2n) is 33.2. The van der Waals surface area contributed by atoms with Crippen LogP contribution >= 0.6 is 0 Å². The molecule has 11 fully saturated rings. The molecule has 618 valence electrons. The molecule has 0 aromatic carbocycles. The fourth-order valence-electron chi connectivity index (χ4n) is 18.1. The lowest BCUT2D eigenvalue weighted by Crippen LogP contribution is -2.68. The number of amides is 1. The van der Waals surface area contributed by atoms with Crippen LogP contribution in [0.5, 0.6) is 17.6 Å². The molecular formula is C91H86FN25O6. The number of carbonyl (C=O) groups excluding carboxylic acids is 1. The largest absolute Gasteiger partial charge is 0.481 e. The number of hydrogen-bond acceptors (Lipinski definition) is 26. The van der Waals surface area contributed by atoms with Crippen molar-refractivity contribution in [2.75, 3.05) is 112 Å². The zero-order valence-electron chi connectivity index (χ0n) is 68.6. The lowest BCUT2D eigenvalue weighted by Gasteiger charge is -2.56. The van der Waals surface area contributed by atoms with E-state index in [9.17, 15) is 35.3 Å². The summed E-state index contributed by atoms with van der Waals surface area (Å²) < 4.78 is 39.5. The molecule has 7 atom stereocenters. The van der Waals surface area contributed by atoms with Crippen LogP contribution in [-0.4, -0.2) is 219 Å². The number of anilines is 5. The highest BCUT2D eigenvalue weighted by atomic mass is 19.1. The lowest BCUT2D eigenvalue weighted by molar-refractivity contribution is -0.119. The molecule has 22 heterocycles. The lowest BCUT2D eigenvalue weighted by atomic mass is 9.87. The van der Waals surface area contributed by atoms with Gasteiger partial charge in [-0.25, -0.2) is 54.4 Å². The van der Waals surface area contributed by atoms with Gasteiger partial charge >= 0.3 is 0 Å². The van der Waals surface area contributed by atoms with Gasteiger partial charge in [0.2, 0.25) is 23.5 Å². The smallest absolute Gasteiger partial charge is 0.264 e. The molecule has 0 radical (unpaired) electrons. The van der Waals surface area contributed by atoms with Crippen molar-refractivity contribution >= 4 is 51.3 Å². The minimum atomic E-state index is -1.29. The zero-order chi connectivity index (χ0) is 85.0. The van der Waals surface area contributed by atoms with E-state index in [1.165, 1.54) is 50.5 Å². The van der Waals surface area contributed by atoms with Gasteiger partial charge in [0, 0.05) is 204 Å². The van der Waals surface area contributed by atoms with Crippen molar-refractivity contribution in [2.45, 2.75) is 113 Å². The fourth-order valence-corrected chi connectivity index (χ4v) is 18.1. The number of methoxy groups -OCH3 is 4. The van der Waals surface area contributed by atoms with Gasteiger partial charge < -0.3 is 53.8 Å². The third-order valence-corrected chi connectivity index (χ3v) is 24.8. The summed E-state index contributed by atoms with van der Waals surface area (Å²) in [6.45, 7) is 20.2. The highest BCUT2D eigenvalue weighted by Crippen LogP contribution is 2.47. The molecule has 10 saturated heterocycles. The second kappa shape index (κ2) is 32.7. The topological polar surface area (TPSA) is 338 Å². The molecule has 10 aliphatic heterocycles. The first-order valence-electron chi connectivity index (χ1n) is 40.7. The molecule has 0 spiro atoms. The number of aromatic nitrogens is 12. The van der Waals surface area contributed by atoms with E-state index in [4.69, 9.17) is 40.5 Å². The molecule has 31 nitrogen and oxygen atoms in total. The number of fused-ring (bicyclic) bond motifs is 9. The Balaban J connectivity index is 0.000000126. The molecule has 2 N–H and O–H groups in total. The average molecular weight is 1640 g/mol. The van der Waals surface area contributed by atoms with Gasteiger partial charge in [-0.2, -0.15) is 36.3 Å². The molecule has 32 heteroatoms. The van der Waals surface area contributed by atoms with E-state index in [-0.39, 0.29) is 23.9 Å². The number of piperazine rings is 3. The van der Waals surface area contributed by atoms with E-state index in [1.807, 2.05) is 98.7 Å². The number of carbonyl (C=O) groups is 1. The second-order valence-corrected chi connectivity index (χ2v) is 33.2. The van der Waals surface area contributed by atoms with Crippen LogP contribution in [0.15, 0.2) is 159 Å². The maximum Gasteiger partial charge on any atom is 0.264 e. The van der Waals surface area contributed by atoms with Gasteiger partial charge in [-0.1, -0.05) is 24.0 Å². The molecule has 123 heavy (non-hydrogen) atoms. The fraction of sp³-hybridized carbons (Fsp3) is 0.352. The van der Waals surface area contributed by atoms with Gasteiger partial charge in [0.05, 0.1) is 123 Å². The van der Waals surface area contributed by atoms with Crippen molar-refractivity contribution in [3.05, 3.63) is 215 Å². The van der Waals surface area contributed by atoms with Crippen molar-refractivity contribution in [3.63, 3.8) is 0 Å². The number of piperidine rings is 3. The maximum atomic E-state index is 14.1. The predicted molar refractivity (Wildman–Crippen MR) is 454 cm³/mol. The predicted octanol–water partition coefficient (Wildman–Crippen LogP) is 10.0. The zero-order valence-corrected chi connectivity index (χ0v) is 68.6. The number of nitrogens with one attached hydrogen (secondary N) is 1. The first-order chi connectivity index (χ1) is 59.7. The Morgan fingerprint density at radius 1 is 0.553 bits per heavy atom. The Morgan fingerprint density at radius 3 is 1.40 bits per heavy atom. The summed E-state index contributed by atoms with van der Waals surface area (Å²) in [5.41, 5.74) is 11.2. The van der Waals surface area contributed by atoms with Crippen LogP contribution in [0.25, 0.3) is 54.8 Å². The van der Waals surface area contributed by atoms with Gasteiger partial charge in [0.25, 0.3) is 5.54 Å². The first kappa shape index (κ1) is 79.9. The number of halogens is 1. The number of hydrogen-bond donors (Lipinski definition) is 2. The quantitative estimate of drug-likeness (QED) is 0.0529. The molecular weight excluding hydrogens is 1560 g/mol. The summed E-state index contributed by atoms with van der Waals surface area (Å²) in [6.07, 6.45) is 25.6. The molecule has 6 bridgehead atoms. The van der Waals surface area contributed by atoms with Crippen LogP contribution in [0, 0.1) is 75.0 Å². The van der Waals surface area contributed by atoms with Gasteiger partial charge in [0.15, 0.2) is 5.82 Å². The molecule has 12 aromatic heterocycles. The van der Waals surface area contributed by atoms with E-state index in [0.29, 0.717) is 119 Å². The molecule has 7 unspecified atom stereocenters. The average Bonchev–Trinajstić information content (AvgIpc) is 1.54. The summed E-state index contributed by atoms with van der Waals surface area (Å²) in [5.74, 6) is 9.18. The number of nitriles is 4. The Kier molecular flexibility index (Phi) is 21.3. The SMILES string of the molecule is COCC(C)(O)C#Cc1cc(-c2ccc(N3CC4CC(C3)N4Cc3ccc(OC)nc3)nc2)c2c(C#N)cnn2c1.COc1ccc(CN2C3CC2CN(c2ccc(-c4cc(NC(=O)C5(C#N)CC5)cn5ncc(C#N)c45)cn2)C3)cn1.[C-]#[N+]C1(C)CN(c2cc(-c3ccc(N4CC5CC(C4)N5Cc4cnc(OC)c(F)c4)nc3)c3c(C#N)cnn3c2)C1. The van der Waals surface area contributed by atoms with E-state index in [2.05, 4.69) is 135 Å². The normalized spacial score (nSPS) is 20.4. The first-order valence-corrected chi connectivity index (χ1v) is 40.7. The van der Waals surface area contributed by atoms with Crippen molar-refractivity contribution in [1.29, 1.82) is 21.0 Å². The van der Waals surface area contributed by atoms with Crippen LogP contribution < -0.4 is 39.1 Å². The third-order valence-electron chi connectivity index (χ3n) is 24.8. The van der Waals surface area contributed by atoms with E-state index in [1.54, 1.807) is 65.7 Å². The highest BCUT2D eigenvalue weighted by molar-refractivity contribution is 6.00. The van der Waals surface area contributed by atoms with E-state index < -0.39 is 16.8 Å². The third kappa shape index (κ3) is 15.7. The molecule has 1 amide bonds. The summed E-state index contributed by atoms with van der Waals surface area (Å²) in [6, 6.07) is 38.9. The number of pyridine rings is 9. The minimum Gasteiger partial charge on any atom is -0.481 e. The van der Waals surface area contributed by atoms with Crippen LogP contribution in [0.1, 0.15) is 84.9 Å². The Hall–Kier alpha value is -14.2. The number of ether oxygens (including phenoxy) is 4. The summed E-state index contributed by atoms with van der Waals surface area (Å²) >= 11 is 0. The molecule has 12 aromatic rings. The van der Waals surface area contributed by atoms with E-state index >= 15 is 0 Å². The van der Waals surface area contributed by atoms with Crippen molar-refractivity contribution < 1.29 is 33.2 Å².